The Balaban J connectivity index is 2.42. The lowest BCUT2D eigenvalue weighted by Crippen LogP contribution is -2.14. The van der Waals surface area contributed by atoms with E-state index in [0.29, 0.717) is 0 Å². The number of carboxylic acids is 1. The Morgan fingerprint density at radius 1 is 1.30 bits per heavy atom. The minimum absolute atomic E-state index is 0.0592. The first-order valence-electron chi connectivity index (χ1n) is 5.42. The van der Waals surface area contributed by atoms with Gasteiger partial charge in [0.2, 0.25) is 0 Å². The predicted octanol–water partition coefficient (Wildman–Crippen LogP) is 3.16. The third kappa shape index (κ3) is 3.30. The van der Waals surface area contributed by atoms with Crippen molar-refractivity contribution in [3.8, 4) is 0 Å². The molecule has 0 saturated carbocycles. The number of hydrogen-bond acceptors (Lipinski definition) is 4. The molecule has 106 valence electrons. The molecule has 1 aromatic carbocycles. The van der Waals surface area contributed by atoms with E-state index in [-0.39, 0.29) is 15.5 Å². The first-order chi connectivity index (χ1) is 9.29. The summed E-state index contributed by atoms with van der Waals surface area (Å²) in [5.41, 5.74) is -0.0160. The van der Waals surface area contributed by atoms with Crippen LogP contribution in [0, 0.1) is 10.5 Å². The molecule has 0 fully saturated rings. The molecule has 0 saturated heterocycles. The molecule has 2 rings (SSSR count). The van der Waals surface area contributed by atoms with E-state index in [2.05, 4.69) is 4.72 Å². The average Bonchev–Trinajstić information content (AvgIpc) is 2.78. The van der Waals surface area contributed by atoms with Crippen LogP contribution in [0.5, 0.6) is 0 Å². The number of carboxylic acid groups (broad SMARTS) is 1. The predicted molar refractivity (Wildman–Crippen MR) is 86.0 cm³/mol. The Labute approximate surface area is 133 Å². The standard InChI is InChI=1S/C12H10INO4S2/c1-7-2-5-11(19-7)20(17,18)14-10-4-3-8(13)6-9(10)12(15)16/h2-6,14H,1H3,(H,15,16). The first-order valence-corrected chi connectivity index (χ1v) is 8.79. The number of hydrogen-bond donors (Lipinski definition) is 2. The third-order valence-electron chi connectivity index (χ3n) is 2.44. The fraction of sp³-hybridized carbons (Fsp3) is 0.0833. The number of aromatic carboxylic acids is 1. The number of thiophene rings is 1. The topological polar surface area (TPSA) is 83.5 Å². The SMILES string of the molecule is Cc1ccc(S(=O)(=O)Nc2ccc(I)cc2C(=O)O)s1. The number of carbonyl (C=O) groups is 1. The van der Waals surface area contributed by atoms with Gasteiger partial charge in [-0.3, -0.25) is 4.72 Å². The summed E-state index contributed by atoms with van der Waals surface area (Å²) in [6, 6.07) is 7.70. The Morgan fingerprint density at radius 3 is 2.55 bits per heavy atom. The molecule has 2 N–H and O–H groups in total. The molecule has 0 aliphatic carbocycles. The maximum absolute atomic E-state index is 12.2. The molecule has 5 nitrogen and oxygen atoms in total. The van der Waals surface area contributed by atoms with Crippen LogP contribution in [-0.4, -0.2) is 19.5 Å². The van der Waals surface area contributed by atoms with Gasteiger partial charge >= 0.3 is 5.97 Å². The lowest BCUT2D eigenvalue weighted by Gasteiger charge is -2.09. The number of nitrogens with one attached hydrogen (secondary N) is 1. The molecule has 0 atom stereocenters. The van der Waals surface area contributed by atoms with Crippen molar-refractivity contribution in [1.82, 2.24) is 0 Å². The molecule has 0 radical (unpaired) electrons. The van der Waals surface area contributed by atoms with E-state index >= 15 is 0 Å². The zero-order valence-electron chi connectivity index (χ0n) is 10.3. The fourth-order valence-corrected chi connectivity index (χ4v) is 4.39. The molecule has 2 aromatic rings. The monoisotopic (exact) mass is 423 g/mol. The Kier molecular flexibility index (Phi) is 4.35. The van der Waals surface area contributed by atoms with Crippen molar-refractivity contribution >= 4 is 55.6 Å². The smallest absolute Gasteiger partial charge is 0.337 e. The number of sulfonamides is 1. The number of halogens is 1. The molecule has 0 aliphatic rings. The van der Waals surface area contributed by atoms with Crippen LogP contribution < -0.4 is 4.72 Å². The molecule has 0 amide bonds. The van der Waals surface area contributed by atoms with Gasteiger partial charge in [0.15, 0.2) is 0 Å². The summed E-state index contributed by atoms with van der Waals surface area (Å²) in [5, 5.41) is 9.13. The first kappa shape index (κ1) is 15.3. The van der Waals surface area contributed by atoms with Gasteiger partial charge in [-0.05, 0) is 59.8 Å². The minimum atomic E-state index is -3.76. The van der Waals surface area contributed by atoms with Crippen LogP contribution in [0.1, 0.15) is 15.2 Å². The second-order valence-corrected chi connectivity index (χ2v) is 8.41. The molecule has 1 aromatic heterocycles. The molecule has 0 spiro atoms. The van der Waals surface area contributed by atoms with Gasteiger partial charge in [-0.1, -0.05) is 0 Å². The Hall–Kier alpha value is -1.13. The molecule has 0 bridgehead atoms. The Bertz CT molecular complexity index is 768. The normalized spacial score (nSPS) is 11.3. The van der Waals surface area contributed by atoms with Crippen molar-refractivity contribution in [3.05, 3.63) is 44.3 Å². The van der Waals surface area contributed by atoms with E-state index < -0.39 is 16.0 Å². The highest BCUT2D eigenvalue weighted by Gasteiger charge is 2.20. The van der Waals surface area contributed by atoms with E-state index in [1.54, 1.807) is 19.1 Å². The quantitative estimate of drug-likeness (QED) is 0.741. The second-order valence-electron chi connectivity index (χ2n) is 3.97. The highest BCUT2D eigenvalue weighted by Crippen LogP contribution is 2.26. The van der Waals surface area contributed by atoms with E-state index in [1.165, 1.54) is 18.2 Å². The van der Waals surface area contributed by atoms with E-state index in [9.17, 15) is 13.2 Å². The largest absolute Gasteiger partial charge is 0.478 e. The molecule has 1 heterocycles. The molecular formula is C12H10INO4S2. The highest BCUT2D eigenvalue weighted by molar-refractivity contribution is 14.1. The second kappa shape index (κ2) is 5.70. The van der Waals surface area contributed by atoms with Crippen molar-refractivity contribution in [2.45, 2.75) is 11.1 Å². The Morgan fingerprint density at radius 2 is 2.00 bits per heavy atom. The van der Waals surface area contributed by atoms with Crippen molar-refractivity contribution in [2.24, 2.45) is 0 Å². The van der Waals surface area contributed by atoms with Gasteiger partial charge < -0.3 is 5.11 Å². The van der Waals surface area contributed by atoms with Gasteiger partial charge in [-0.15, -0.1) is 11.3 Å². The zero-order valence-corrected chi connectivity index (χ0v) is 14.0. The number of benzene rings is 1. The van der Waals surface area contributed by atoms with Gasteiger partial charge in [0.1, 0.15) is 4.21 Å². The van der Waals surface area contributed by atoms with E-state index in [0.717, 1.165) is 19.8 Å². The van der Waals surface area contributed by atoms with Crippen LogP contribution in [0.2, 0.25) is 0 Å². The van der Waals surface area contributed by atoms with E-state index in [1.807, 2.05) is 22.6 Å². The average molecular weight is 423 g/mol. The molecule has 0 unspecified atom stereocenters. The molecule has 20 heavy (non-hydrogen) atoms. The fourth-order valence-electron chi connectivity index (χ4n) is 1.53. The maximum atomic E-state index is 12.2. The highest BCUT2D eigenvalue weighted by atomic mass is 127. The van der Waals surface area contributed by atoms with Gasteiger partial charge in [-0.25, -0.2) is 13.2 Å². The van der Waals surface area contributed by atoms with Crippen LogP contribution in [0.15, 0.2) is 34.5 Å². The lowest BCUT2D eigenvalue weighted by atomic mass is 10.2. The number of anilines is 1. The molecular weight excluding hydrogens is 413 g/mol. The summed E-state index contributed by atoms with van der Waals surface area (Å²) >= 11 is 3.10. The zero-order chi connectivity index (χ0) is 14.9. The van der Waals surface area contributed by atoms with E-state index in [4.69, 9.17) is 5.11 Å². The van der Waals surface area contributed by atoms with Crippen molar-refractivity contribution in [3.63, 3.8) is 0 Å². The molecule has 0 aliphatic heterocycles. The van der Waals surface area contributed by atoms with Crippen LogP contribution >= 0.6 is 33.9 Å². The summed E-state index contributed by atoms with van der Waals surface area (Å²) in [6.45, 7) is 1.80. The molecule has 8 heteroatoms. The summed E-state index contributed by atoms with van der Waals surface area (Å²) in [4.78, 5) is 12.0. The van der Waals surface area contributed by atoms with Gasteiger partial charge in [0.25, 0.3) is 10.0 Å². The maximum Gasteiger partial charge on any atom is 0.337 e. The van der Waals surface area contributed by atoms with Crippen molar-refractivity contribution in [2.75, 3.05) is 4.72 Å². The number of aryl methyl sites for hydroxylation is 1. The summed E-state index contributed by atoms with van der Waals surface area (Å²) in [6.07, 6.45) is 0. The summed E-state index contributed by atoms with van der Waals surface area (Å²) < 4.78 is 27.6. The van der Waals surface area contributed by atoms with Crippen molar-refractivity contribution < 1.29 is 18.3 Å². The van der Waals surface area contributed by atoms with Crippen LogP contribution in [0.3, 0.4) is 0 Å². The van der Waals surface area contributed by atoms with Crippen LogP contribution in [0.25, 0.3) is 0 Å². The van der Waals surface area contributed by atoms with Crippen molar-refractivity contribution in [1.29, 1.82) is 0 Å². The lowest BCUT2D eigenvalue weighted by molar-refractivity contribution is 0.0698. The summed E-state index contributed by atoms with van der Waals surface area (Å²) in [7, 11) is -3.76. The van der Waals surface area contributed by atoms with Gasteiger partial charge in [0, 0.05) is 8.45 Å². The summed E-state index contributed by atoms with van der Waals surface area (Å²) in [5.74, 6) is -1.18. The van der Waals surface area contributed by atoms with Crippen LogP contribution in [0.4, 0.5) is 5.69 Å². The van der Waals surface area contributed by atoms with Gasteiger partial charge in [-0.2, -0.15) is 0 Å². The minimum Gasteiger partial charge on any atom is -0.478 e. The van der Waals surface area contributed by atoms with Gasteiger partial charge in [0.05, 0.1) is 11.3 Å². The third-order valence-corrected chi connectivity index (χ3v) is 5.97. The van der Waals surface area contributed by atoms with Crippen LogP contribution in [-0.2, 0) is 10.0 Å². The number of rotatable bonds is 4.